The molecule has 1 unspecified atom stereocenters. The molecule has 1 aromatic rings. The van der Waals surface area contributed by atoms with Gasteiger partial charge in [-0.1, -0.05) is 29.3 Å². The van der Waals surface area contributed by atoms with Gasteiger partial charge in [0, 0.05) is 0 Å². The molecule has 0 saturated carbocycles. The van der Waals surface area contributed by atoms with Crippen LogP contribution in [0.25, 0.3) is 0 Å². The molecule has 1 N–H and O–H groups in total. The number of hydrogen-bond donors (Lipinski definition) is 1. The van der Waals surface area contributed by atoms with Crippen molar-refractivity contribution in [1.29, 1.82) is 0 Å². The fraction of sp³-hybridized carbons (Fsp3) is 0.429. The second-order valence-electron chi connectivity index (χ2n) is 4.92. The lowest BCUT2D eigenvalue weighted by molar-refractivity contribution is -0.149. The lowest BCUT2D eigenvalue weighted by Gasteiger charge is -2.29. The Morgan fingerprint density at radius 2 is 1.83 bits per heavy atom. The second-order valence-corrected chi connectivity index (χ2v) is 4.92. The van der Waals surface area contributed by atoms with E-state index < -0.39 is 0 Å². The summed E-state index contributed by atoms with van der Waals surface area (Å²) in [4.78, 5) is 25.1. The van der Waals surface area contributed by atoms with Crippen molar-refractivity contribution < 1.29 is 9.59 Å². The van der Waals surface area contributed by atoms with E-state index >= 15 is 0 Å². The van der Waals surface area contributed by atoms with Gasteiger partial charge in [-0.05, 0) is 26.3 Å². The minimum absolute atomic E-state index is 0.148. The first-order valence-corrected chi connectivity index (χ1v) is 6.12. The van der Waals surface area contributed by atoms with Crippen LogP contribution in [0.2, 0.25) is 0 Å². The Labute approximate surface area is 107 Å². The van der Waals surface area contributed by atoms with Gasteiger partial charge in [-0.2, -0.15) is 0 Å². The highest BCUT2D eigenvalue weighted by molar-refractivity contribution is 6.00. The molecule has 1 saturated heterocycles. The maximum atomic E-state index is 12.0. The Morgan fingerprint density at radius 3 is 2.44 bits per heavy atom. The normalized spacial score (nSPS) is 20.4. The highest BCUT2D eigenvalue weighted by Crippen LogP contribution is 2.13. The summed E-state index contributed by atoms with van der Waals surface area (Å²) >= 11 is 0. The van der Waals surface area contributed by atoms with Gasteiger partial charge in [-0.15, -0.1) is 0 Å². The quantitative estimate of drug-likeness (QED) is 0.796. The van der Waals surface area contributed by atoms with Gasteiger partial charge in [-0.3, -0.25) is 19.8 Å². The number of hydrogen-bond acceptors (Lipinski definition) is 3. The zero-order valence-corrected chi connectivity index (χ0v) is 11.0. The van der Waals surface area contributed by atoms with E-state index in [1.54, 1.807) is 6.92 Å². The summed E-state index contributed by atoms with van der Waals surface area (Å²) in [5.41, 5.74) is 3.30. The fourth-order valence-electron chi connectivity index (χ4n) is 2.29. The first-order valence-electron chi connectivity index (χ1n) is 6.12. The van der Waals surface area contributed by atoms with E-state index in [0.717, 1.165) is 16.7 Å². The van der Waals surface area contributed by atoms with Crippen LogP contribution in [0.4, 0.5) is 0 Å². The molecule has 0 aliphatic carbocycles. The first kappa shape index (κ1) is 12.8. The van der Waals surface area contributed by atoms with Gasteiger partial charge in [0.15, 0.2) is 0 Å². The van der Waals surface area contributed by atoms with Gasteiger partial charge < -0.3 is 0 Å². The minimum atomic E-state index is -0.284. The Kier molecular flexibility index (Phi) is 3.48. The predicted octanol–water partition coefficient (Wildman–Crippen LogP) is 1.15. The zero-order chi connectivity index (χ0) is 13.3. The van der Waals surface area contributed by atoms with E-state index in [1.807, 2.05) is 26.0 Å². The summed E-state index contributed by atoms with van der Waals surface area (Å²) in [7, 11) is 0. The summed E-state index contributed by atoms with van der Waals surface area (Å²) in [6.45, 7) is 6.41. The minimum Gasteiger partial charge on any atom is -0.298 e. The number of carbonyl (C=O) groups is 2. The van der Waals surface area contributed by atoms with Crippen molar-refractivity contribution in [1.82, 2.24) is 10.2 Å². The maximum absolute atomic E-state index is 12.0. The lowest BCUT2D eigenvalue weighted by atomic mass is 10.1. The second kappa shape index (κ2) is 4.90. The summed E-state index contributed by atoms with van der Waals surface area (Å²) in [6.07, 6.45) is 0. The van der Waals surface area contributed by atoms with Crippen molar-refractivity contribution in [3.05, 3.63) is 34.9 Å². The Bertz CT molecular complexity index is 476. The summed E-state index contributed by atoms with van der Waals surface area (Å²) < 4.78 is 0. The van der Waals surface area contributed by atoms with E-state index in [1.165, 1.54) is 4.90 Å². The number of imide groups is 1. The van der Waals surface area contributed by atoms with Crippen LogP contribution in [-0.2, 0) is 16.1 Å². The molecule has 4 nitrogen and oxygen atoms in total. The van der Waals surface area contributed by atoms with Gasteiger partial charge in [0.2, 0.25) is 11.8 Å². The van der Waals surface area contributed by atoms with E-state index in [9.17, 15) is 9.59 Å². The Hall–Kier alpha value is -1.68. The molecule has 0 aromatic heterocycles. The Balaban J connectivity index is 2.21. The van der Waals surface area contributed by atoms with Crippen molar-refractivity contribution >= 4 is 11.8 Å². The van der Waals surface area contributed by atoms with Crippen LogP contribution in [0.5, 0.6) is 0 Å². The van der Waals surface area contributed by atoms with Crippen LogP contribution in [0.1, 0.15) is 23.6 Å². The average molecular weight is 246 g/mol. The van der Waals surface area contributed by atoms with Crippen LogP contribution >= 0.6 is 0 Å². The number of nitrogens with zero attached hydrogens (tertiary/aromatic N) is 1. The van der Waals surface area contributed by atoms with Crippen molar-refractivity contribution in [3.8, 4) is 0 Å². The van der Waals surface area contributed by atoms with Gasteiger partial charge >= 0.3 is 0 Å². The lowest BCUT2D eigenvalue weighted by Crippen LogP contribution is -2.56. The highest BCUT2D eigenvalue weighted by Gasteiger charge is 2.30. The molecule has 0 spiro atoms. The summed E-state index contributed by atoms with van der Waals surface area (Å²) in [5.74, 6) is -0.303. The average Bonchev–Trinajstić information content (AvgIpc) is 2.28. The molecule has 96 valence electrons. The van der Waals surface area contributed by atoms with Gasteiger partial charge in [0.05, 0.1) is 19.1 Å². The number of piperazine rings is 1. The summed E-state index contributed by atoms with van der Waals surface area (Å²) in [6, 6.07) is 5.82. The summed E-state index contributed by atoms with van der Waals surface area (Å²) in [5, 5.41) is 2.88. The third-order valence-electron chi connectivity index (χ3n) is 3.12. The number of nitrogens with one attached hydrogen (secondary N) is 1. The van der Waals surface area contributed by atoms with Crippen molar-refractivity contribution in [2.75, 3.05) is 6.54 Å². The molecule has 18 heavy (non-hydrogen) atoms. The zero-order valence-electron chi connectivity index (χ0n) is 11.0. The molecule has 1 heterocycles. The highest BCUT2D eigenvalue weighted by atomic mass is 16.2. The third-order valence-corrected chi connectivity index (χ3v) is 3.12. The third kappa shape index (κ3) is 2.59. The van der Waals surface area contributed by atoms with Crippen molar-refractivity contribution in [2.45, 2.75) is 33.4 Å². The molecule has 4 heteroatoms. The smallest absolute Gasteiger partial charge is 0.246 e. The van der Waals surface area contributed by atoms with E-state index in [-0.39, 0.29) is 24.4 Å². The Morgan fingerprint density at radius 1 is 1.22 bits per heavy atom. The maximum Gasteiger partial charge on any atom is 0.246 e. The van der Waals surface area contributed by atoms with Crippen LogP contribution in [-0.4, -0.2) is 29.3 Å². The molecule has 0 bridgehead atoms. The van der Waals surface area contributed by atoms with Crippen LogP contribution < -0.4 is 5.32 Å². The number of amides is 2. The van der Waals surface area contributed by atoms with Crippen molar-refractivity contribution in [2.24, 2.45) is 0 Å². The van der Waals surface area contributed by atoms with Gasteiger partial charge in [-0.25, -0.2) is 0 Å². The molecule has 2 rings (SSSR count). The standard InChI is InChI=1S/C14H18N2O2/c1-9-4-10(2)6-12(5-9)8-16-13(17)7-15-11(3)14(16)18/h4-6,11,15H,7-8H2,1-3H3. The molecular weight excluding hydrogens is 228 g/mol. The topological polar surface area (TPSA) is 49.4 Å². The van der Waals surface area contributed by atoms with Gasteiger partial charge in [0.1, 0.15) is 0 Å². The number of rotatable bonds is 2. The van der Waals surface area contributed by atoms with Crippen LogP contribution in [0.15, 0.2) is 18.2 Å². The van der Waals surface area contributed by atoms with Gasteiger partial charge in [0.25, 0.3) is 0 Å². The largest absolute Gasteiger partial charge is 0.298 e. The molecule has 0 radical (unpaired) electrons. The molecule has 1 fully saturated rings. The molecule has 1 aromatic carbocycles. The monoisotopic (exact) mass is 246 g/mol. The van der Waals surface area contributed by atoms with E-state index in [2.05, 4.69) is 11.4 Å². The van der Waals surface area contributed by atoms with Crippen LogP contribution in [0, 0.1) is 13.8 Å². The van der Waals surface area contributed by atoms with Crippen molar-refractivity contribution in [3.63, 3.8) is 0 Å². The number of aryl methyl sites for hydroxylation is 2. The predicted molar refractivity (Wildman–Crippen MR) is 68.9 cm³/mol. The molecule has 1 aliphatic heterocycles. The SMILES string of the molecule is Cc1cc(C)cc(CN2C(=O)CNC(C)C2=O)c1. The molecule has 2 amide bonds. The molecule has 1 aliphatic rings. The first-order chi connectivity index (χ1) is 8.47. The molecule has 1 atom stereocenters. The molecular formula is C14H18N2O2. The van der Waals surface area contributed by atoms with E-state index in [0.29, 0.717) is 6.54 Å². The van der Waals surface area contributed by atoms with E-state index in [4.69, 9.17) is 0 Å². The van der Waals surface area contributed by atoms with Crippen LogP contribution in [0.3, 0.4) is 0 Å². The number of carbonyl (C=O) groups excluding carboxylic acids is 2. The number of benzene rings is 1. The fourth-order valence-corrected chi connectivity index (χ4v) is 2.29.